The van der Waals surface area contributed by atoms with Gasteiger partial charge in [0.1, 0.15) is 5.83 Å². The Hall–Kier alpha value is -1.83. The van der Waals surface area contributed by atoms with Gasteiger partial charge in [0, 0.05) is 34.0 Å². The van der Waals surface area contributed by atoms with Gasteiger partial charge in [0.15, 0.2) is 0 Å². The van der Waals surface area contributed by atoms with Crippen molar-refractivity contribution in [3.63, 3.8) is 0 Å². The van der Waals surface area contributed by atoms with Crippen molar-refractivity contribution in [3.8, 4) is 0 Å². The van der Waals surface area contributed by atoms with Crippen LogP contribution in [0.5, 0.6) is 0 Å². The molecule has 1 unspecified atom stereocenters. The van der Waals surface area contributed by atoms with Gasteiger partial charge >= 0.3 is 0 Å². The molecule has 0 fully saturated rings. The van der Waals surface area contributed by atoms with Crippen molar-refractivity contribution >= 4 is 10.9 Å². The fraction of sp³-hybridized carbons (Fsp3) is 0.556. The van der Waals surface area contributed by atoms with E-state index in [1.54, 1.807) is 12.2 Å². The molecule has 0 aliphatic heterocycles. The SMILES string of the molecule is CC.CC.CC/C=C(F)\C=C/C(C)c1c(C(C)(C)C)n(C(C)C)c2ccccc12. The van der Waals surface area contributed by atoms with Gasteiger partial charge in [0.05, 0.1) is 0 Å². The molecule has 2 heteroatoms. The van der Waals surface area contributed by atoms with Crippen molar-refractivity contribution in [2.24, 2.45) is 0 Å². The third-order valence-corrected chi connectivity index (χ3v) is 4.58. The summed E-state index contributed by atoms with van der Waals surface area (Å²) >= 11 is 0. The largest absolute Gasteiger partial charge is 0.341 e. The summed E-state index contributed by atoms with van der Waals surface area (Å²) in [6.45, 7) is 23.4. The number of fused-ring (bicyclic) bond motifs is 1. The van der Waals surface area contributed by atoms with E-state index in [4.69, 9.17) is 0 Å². The van der Waals surface area contributed by atoms with Crippen molar-refractivity contribution in [2.75, 3.05) is 0 Å². The Labute approximate surface area is 179 Å². The molecule has 0 saturated heterocycles. The molecule has 1 heterocycles. The van der Waals surface area contributed by atoms with Crippen LogP contribution in [0.15, 0.2) is 48.3 Å². The first-order chi connectivity index (χ1) is 13.7. The topological polar surface area (TPSA) is 4.93 Å². The van der Waals surface area contributed by atoms with E-state index in [-0.39, 0.29) is 17.2 Å². The molecule has 1 aromatic heterocycles. The molecule has 0 N–H and O–H groups in total. The number of para-hydroxylation sites is 1. The van der Waals surface area contributed by atoms with E-state index in [1.165, 1.54) is 22.2 Å². The smallest absolute Gasteiger partial charge is 0.118 e. The number of aromatic nitrogens is 1. The summed E-state index contributed by atoms with van der Waals surface area (Å²) in [6, 6.07) is 8.96. The van der Waals surface area contributed by atoms with Crippen molar-refractivity contribution < 1.29 is 4.39 Å². The summed E-state index contributed by atoms with van der Waals surface area (Å²) in [7, 11) is 0. The Morgan fingerprint density at radius 1 is 1.03 bits per heavy atom. The molecule has 0 saturated carbocycles. The third kappa shape index (κ3) is 6.87. The lowest BCUT2D eigenvalue weighted by atomic mass is 9.84. The summed E-state index contributed by atoms with van der Waals surface area (Å²) in [6.07, 6.45) is 5.93. The number of halogens is 1. The average Bonchev–Trinajstić information content (AvgIpc) is 3.05. The Balaban J connectivity index is 0.00000184. The van der Waals surface area contributed by atoms with Gasteiger partial charge < -0.3 is 4.57 Å². The van der Waals surface area contributed by atoms with Crippen molar-refractivity contribution in [2.45, 2.75) is 100.0 Å². The lowest BCUT2D eigenvalue weighted by Crippen LogP contribution is -2.21. The number of hydrogen-bond acceptors (Lipinski definition) is 0. The Morgan fingerprint density at radius 2 is 1.59 bits per heavy atom. The Morgan fingerprint density at radius 3 is 2.07 bits per heavy atom. The molecule has 1 nitrogen and oxygen atoms in total. The zero-order valence-electron chi connectivity index (χ0n) is 20.7. The third-order valence-electron chi connectivity index (χ3n) is 4.58. The highest BCUT2D eigenvalue weighted by atomic mass is 19.1. The highest BCUT2D eigenvalue weighted by Gasteiger charge is 2.29. The van der Waals surface area contributed by atoms with Gasteiger partial charge in [-0.05, 0) is 44.1 Å². The molecule has 1 aromatic carbocycles. The second-order valence-corrected chi connectivity index (χ2v) is 8.14. The lowest BCUT2D eigenvalue weighted by molar-refractivity contribution is 0.487. The van der Waals surface area contributed by atoms with E-state index >= 15 is 0 Å². The molecular weight excluding hydrogens is 357 g/mol. The monoisotopic (exact) mass is 401 g/mol. The molecule has 0 aliphatic carbocycles. The zero-order chi connectivity index (χ0) is 22.8. The first-order valence-corrected chi connectivity index (χ1v) is 11.4. The minimum atomic E-state index is -0.153. The molecule has 0 bridgehead atoms. The van der Waals surface area contributed by atoms with E-state index < -0.39 is 0 Å². The number of benzene rings is 1. The first kappa shape index (κ1) is 27.2. The maximum Gasteiger partial charge on any atom is 0.118 e. The predicted molar refractivity (Wildman–Crippen MR) is 131 cm³/mol. The van der Waals surface area contributed by atoms with Gasteiger partial charge in [0.2, 0.25) is 0 Å². The van der Waals surface area contributed by atoms with Crippen molar-refractivity contribution in [3.05, 3.63) is 59.6 Å². The van der Waals surface area contributed by atoms with Crippen LogP contribution in [0, 0.1) is 0 Å². The molecule has 0 amide bonds. The van der Waals surface area contributed by atoms with E-state index in [9.17, 15) is 4.39 Å². The van der Waals surface area contributed by atoms with Crippen LogP contribution in [0.25, 0.3) is 10.9 Å². The van der Waals surface area contributed by atoms with Crippen LogP contribution in [0.1, 0.15) is 106 Å². The van der Waals surface area contributed by atoms with Crippen LogP contribution in [-0.4, -0.2) is 4.57 Å². The lowest BCUT2D eigenvalue weighted by Gasteiger charge is -2.27. The van der Waals surface area contributed by atoms with Crippen LogP contribution in [0.4, 0.5) is 4.39 Å². The molecular formula is C27H44FN. The average molecular weight is 402 g/mol. The van der Waals surface area contributed by atoms with Crippen LogP contribution >= 0.6 is 0 Å². The summed E-state index contributed by atoms with van der Waals surface area (Å²) in [4.78, 5) is 0. The van der Waals surface area contributed by atoms with Gasteiger partial charge in [-0.1, -0.05) is 86.6 Å². The normalized spacial score (nSPS) is 13.2. The second-order valence-electron chi connectivity index (χ2n) is 8.14. The number of hydrogen-bond donors (Lipinski definition) is 0. The number of nitrogens with zero attached hydrogens (tertiary/aromatic N) is 1. The maximum absolute atomic E-state index is 13.8. The second kappa shape index (κ2) is 12.7. The first-order valence-electron chi connectivity index (χ1n) is 11.4. The molecule has 1 atom stereocenters. The quantitative estimate of drug-likeness (QED) is 0.439. The number of allylic oxidation sites excluding steroid dienone is 4. The minimum Gasteiger partial charge on any atom is -0.341 e. The summed E-state index contributed by atoms with van der Waals surface area (Å²) in [5, 5.41) is 1.28. The molecule has 2 aromatic rings. The van der Waals surface area contributed by atoms with Gasteiger partial charge in [-0.3, -0.25) is 0 Å². The van der Waals surface area contributed by atoms with Gasteiger partial charge in [-0.15, -0.1) is 0 Å². The van der Waals surface area contributed by atoms with E-state index in [1.807, 2.05) is 40.7 Å². The Kier molecular flexibility index (Phi) is 11.9. The summed E-state index contributed by atoms with van der Waals surface area (Å²) in [5.74, 6) is -0.00520. The maximum atomic E-state index is 13.8. The van der Waals surface area contributed by atoms with E-state index in [0.717, 1.165) is 0 Å². The fourth-order valence-corrected chi connectivity index (χ4v) is 3.65. The van der Waals surface area contributed by atoms with Crippen LogP contribution < -0.4 is 0 Å². The van der Waals surface area contributed by atoms with Crippen LogP contribution in [-0.2, 0) is 5.41 Å². The van der Waals surface area contributed by atoms with Crippen LogP contribution in [0.2, 0.25) is 0 Å². The molecule has 0 spiro atoms. The fourth-order valence-electron chi connectivity index (χ4n) is 3.65. The molecule has 29 heavy (non-hydrogen) atoms. The van der Waals surface area contributed by atoms with E-state index in [0.29, 0.717) is 12.5 Å². The van der Waals surface area contributed by atoms with Crippen molar-refractivity contribution in [1.29, 1.82) is 0 Å². The van der Waals surface area contributed by atoms with E-state index in [2.05, 4.69) is 70.4 Å². The standard InChI is InChI=1S/C23H32FN.2C2H6/c1-8-11-18(24)15-14-17(4)21-19-12-9-10-13-20(19)25(16(2)3)22(21)23(5,6)7;2*1-2/h9-17H,8H2,1-7H3;2*1-2H3/b15-14-,18-11+;;. The highest BCUT2D eigenvalue weighted by molar-refractivity contribution is 5.87. The van der Waals surface area contributed by atoms with Crippen LogP contribution in [0.3, 0.4) is 0 Å². The predicted octanol–water partition coefficient (Wildman–Crippen LogP) is 9.50. The van der Waals surface area contributed by atoms with Gasteiger partial charge in [-0.2, -0.15) is 0 Å². The minimum absolute atomic E-state index is 0.0124. The molecule has 2 rings (SSSR count). The summed E-state index contributed by atoms with van der Waals surface area (Å²) in [5.41, 5.74) is 3.94. The van der Waals surface area contributed by atoms with Crippen molar-refractivity contribution in [1.82, 2.24) is 4.57 Å². The molecule has 0 radical (unpaired) electrons. The summed E-state index contributed by atoms with van der Waals surface area (Å²) < 4.78 is 16.3. The Bertz CT molecular complexity index is 785. The number of rotatable bonds is 5. The van der Waals surface area contributed by atoms with Gasteiger partial charge in [0.25, 0.3) is 0 Å². The zero-order valence-corrected chi connectivity index (χ0v) is 20.7. The molecule has 164 valence electrons. The molecule has 0 aliphatic rings. The highest BCUT2D eigenvalue weighted by Crippen LogP contribution is 2.41. The van der Waals surface area contributed by atoms with Gasteiger partial charge in [-0.25, -0.2) is 4.39 Å².